The second-order valence-corrected chi connectivity index (χ2v) is 5.44. The van der Waals surface area contributed by atoms with Crippen LogP contribution in [0.15, 0.2) is 18.2 Å². The van der Waals surface area contributed by atoms with Crippen molar-refractivity contribution in [2.75, 3.05) is 6.54 Å². The topological polar surface area (TPSA) is 40.5 Å². The van der Waals surface area contributed by atoms with Crippen LogP contribution < -0.4 is 0 Å². The third-order valence-corrected chi connectivity index (χ3v) is 3.87. The molecule has 0 amide bonds. The maximum atomic E-state index is 11.1. The average molecular weight is 247 g/mol. The van der Waals surface area contributed by atoms with Crippen molar-refractivity contribution < 1.29 is 9.90 Å². The fourth-order valence-electron chi connectivity index (χ4n) is 2.95. The first-order chi connectivity index (χ1) is 8.47. The quantitative estimate of drug-likeness (QED) is 0.892. The molecule has 3 heteroatoms. The molecular weight excluding hydrogens is 226 g/mol. The Labute approximate surface area is 108 Å². The molecular formula is C15H21NO2. The molecule has 2 rings (SSSR count). The summed E-state index contributed by atoms with van der Waals surface area (Å²) >= 11 is 0. The van der Waals surface area contributed by atoms with Gasteiger partial charge in [0.05, 0.1) is 5.92 Å². The lowest BCUT2D eigenvalue weighted by Crippen LogP contribution is -2.32. The Bertz CT molecular complexity index is 436. The molecule has 1 aliphatic rings. The first kappa shape index (κ1) is 13.1. The van der Waals surface area contributed by atoms with Crippen LogP contribution in [-0.4, -0.2) is 28.6 Å². The van der Waals surface area contributed by atoms with Crippen LogP contribution in [0.1, 0.15) is 30.0 Å². The smallest absolute Gasteiger partial charge is 0.308 e. The Morgan fingerprint density at radius 2 is 1.94 bits per heavy atom. The molecule has 1 aliphatic heterocycles. The van der Waals surface area contributed by atoms with Crippen LogP contribution in [0.25, 0.3) is 0 Å². The minimum absolute atomic E-state index is 0.128. The van der Waals surface area contributed by atoms with E-state index in [2.05, 4.69) is 36.9 Å². The fraction of sp³-hybridized carbons (Fsp3) is 0.533. The van der Waals surface area contributed by atoms with E-state index < -0.39 is 5.97 Å². The van der Waals surface area contributed by atoms with Crippen LogP contribution in [0.5, 0.6) is 0 Å². The molecule has 1 aromatic carbocycles. The van der Waals surface area contributed by atoms with Gasteiger partial charge in [-0.1, -0.05) is 29.3 Å². The summed E-state index contributed by atoms with van der Waals surface area (Å²) in [5.74, 6) is -0.874. The summed E-state index contributed by atoms with van der Waals surface area (Å²) in [4.78, 5) is 13.4. The first-order valence-electron chi connectivity index (χ1n) is 6.51. The molecule has 1 fully saturated rings. The Morgan fingerprint density at radius 1 is 1.33 bits per heavy atom. The highest BCUT2D eigenvalue weighted by Crippen LogP contribution is 2.26. The Kier molecular flexibility index (Phi) is 3.71. The van der Waals surface area contributed by atoms with E-state index in [1.807, 2.05) is 6.92 Å². The fourth-order valence-corrected chi connectivity index (χ4v) is 2.95. The van der Waals surface area contributed by atoms with Crippen molar-refractivity contribution >= 4 is 5.97 Å². The molecule has 0 saturated carbocycles. The van der Waals surface area contributed by atoms with Gasteiger partial charge in [0.15, 0.2) is 0 Å². The third-order valence-electron chi connectivity index (χ3n) is 3.87. The van der Waals surface area contributed by atoms with Crippen molar-refractivity contribution in [3.63, 3.8) is 0 Å². The summed E-state index contributed by atoms with van der Waals surface area (Å²) in [6.45, 7) is 7.96. The second-order valence-electron chi connectivity index (χ2n) is 5.44. The van der Waals surface area contributed by atoms with Crippen LogP contribution in [0.4, 0.5) is 0 Å². The summed E-state index contributed by atoms with van der Waals surface area (Å²) in [6, 6.07) is 6.67. The maximum absolute atomic E-state index is 11.1. The monoisotopic (exact) mass is 247 g/mol. The zero-order valence-electron chi connectivity index (χ0n) is 11.3. The van der Waals surface area contributed by atoms with E-state index >= 15 is 0 Å². The van der Waals surface area contributed by atoms with Gasteiger partial charge in [0.2, 0.25) is 0 Å². The molecule has 0 bridgehead atoms. The van der Waals surface area contributed by atoms with Gasteiger partial charge < -0.3 is 5.11 Å². The minimum Gasteiger partial charge on any atom is -0.481 e. The van der Waals surface area contributed by atoms with Gasteiger partial charge in [0, 0.05) is 12.6 Å². The largest absolute Gasteiger partial charge is 0.481 e. The predicted octanol–water partition coefficient (Wildman–Crippen LogP) is 2.60. The number of carboxylic acid groups (broad SMARTS) is 1. The molecule has 0 radical (unpaired) electrons. The lowest BCUT2D eigenvalue weighted by Gasteiger charge is -2.23. The molecule has 2 atom stereocenters. The highest BCUT2D eigenvalue weighted by Gasteiger charge is 2.35. The molecule has 2 unspecified atom stereocenters. The zero-order chi connectivity index (χ0) is 13.3. The number of hydrogen-bond donors (Lipinski definition) is 1. The van der Waals surface area contributed by atoms with E-state index in [9.17, 15) is 4.79 Å². The van der Waals surface area contributed by atoms with Crippen molar-refractivity contribution in [2.45, 2.75) is 39.8 Å². The maximum Gasteiger partial charge on any atom is 0.308 e. The number of aryl methyl sites for hydroxylation is 2. The molecule has 3 nitrogen and oxygen atoms in total. The van der Waals surface area contributed by atoms with Crippen molar-refractivity contribution in [1.82, 2.24) is 4.90 Å². The van der Waals surface area contributed by atoms with Gasteiger partial charge in [-0.3, -0.25) is 9.69 Å². The highest BCUT2D eigenvalue weighted by atomic mass is 16.4. The van der Waals surface area contributed by atoms with Gasteiger partial charge in [-0.15, -0.1) is 0 Å². The van der Waals surface area contributed by atoms with E-state index in [1.54, 1.807) is 0 Å². The van der Waals surface area contributed by atoms with Crippen LogP contribution in [0, 0.1) is 19.8 Å². The number of nitrogens with zero attached hydrogens (tertiary/aromatic N) is 1. The van der Waals surface area contributed by atoms with Crippen LogP contribution in [0.2, 0.25) is 0 Å². The number of hydrogen-bond acceptors (Lipinski definition) is 2. The molecule has 18 heavy (non-hydrogen) atoms. The number of carboxylic acids is 1. The third kappa shape index (κ3) is 2.72. The molecule has 0 spiro atoms. The molecule has 98 valence electrons. The van der Waals surface area contributed by atoms with E-state index in [0.717, 1.165) is 19.5 Å². The first-order valence-corrected chi connectivity index (χ1v) is 6.51. The summed E-state index contributed by atoms with van der Waals surface area (Å²) in [7, 11) is 0. The lowest BCUT2D eigenvalue weighted by molar-refractivity contribution is -0.142. The Balaban J connectivity index is 2.08. The minimum atomic E-state index is -0.662. The molecule has 1 aromatic rings. The van der Waals surface area contributed by atoms with Gasteiger partial charge in [0.25, 0.3) is 0 Å². The molecule has 1 heterocycles. The number of likely N-dealkylation sites (tertiary alicyclic amines) is 1. The number of benzene rings is 1. The van der Waals surface area contributed by atoms with E-state index in [-0.39, 0.29) is 12.0 Å². The molecule has 1 N–H and O–H groups in total. The van der Waals surface area contributed by atoms with Crippen molar-refractivity contribution in [3.8, 4) is 0 Å². The number of rotatable bonds is 3. The molecule has 0 aliphatic carbocycles. The van der Waals surface area contributed by atoms with E-state index in [0.29, 0.717) is 0 Å². The normalized spacial score (nSPS) is 24.4. The summed E-state index contributed by atoms with van der Waals surface area (Å²) in [6.07, 6.45) is 0.765. The van der Waals surface area contributed by atoms with E-state index in [4.69, 9.17) is 5.11 Å². The van der Waals surface area contributed by atoms with Gasteiger partial charge >= 0.3 is 5.97 Å². The van der Waals surface area contributed by atoms with Crippen LogP contribution in [0.3, 0.4) is 0 Å². The van der Waals surface area contributed by atoms with Gasteiger partial charge in [-0.25, -0.2) is 0 Å². The number of carbonyl (C=O) groups is 1. The van der Waals surface area contributed by atoms with Gasteiger partial charge in [0.1, 0.15) is 0 Å². The van der Waals surface area contributed by atoms with Gasteiger partial charge in [-0.2, -0.15) is 0 Å². The standard InChI is InChI=1S/C15H21NO2/c1-10-6-11(2)8-13(7-10)9-16-5-4-14(12(16)3)15(17)18/h6-8,12,14H,4-5,9H2,1-3H3,(H,17,18). The summed E-state index contributed by atoms with van der Waals surface area (Å²) in [5, 5.41) is 9.13. The highest BCUT2D eigenvalue weighted by molar-refractivity contribution is 5.71. The van der Waals surface area contributed by atoms with Crippen molar-refractivity contribution in [3.05, 3.63) is 34.9 Å². The van der Waals surface area contributed by atoms with Crippen molar-refractivity contribution in [1.29, 1.82) is 0 Å². The zero-order valence-corrected chi connectivity index (χ0v) is 11.3. The Morgan fingerprint density at radius 3 is 2.44 bits per heavy atom. The Hall–Kier alpha value is -1.35. The van der Waals surface area contributed by atoms with Crippen LogP contribution >= 0.6 is 0 Å². The van der Waals surface area contributed by atoms with Crippen LogP contribution in [-0.2, 0) is 11.3 Å². The molecule has 0 aromatic heterocycles. The van der Waals surface area contributed by atoms with E-state index in [1.165, 1.54) is 16.7 Å². The lowest BCUT2D eigenvalue weighted by atomic mass is 10.0. The number of aliphatic carboxylic acids is 1. The van der Waals surface area contributed by atoms with Crippen molar-refractivity contribution in [2.24, 2.45) is 5.92 Å². The summed E-state index contributed by atoms with van der Waals surface area (Å²) < 4.78 is 0. The average Bonchev–Trinajstić information content (AvgIpc) is 2.59. The predicted molar refractivity (Wildman–Crippen MR) is 71.5 cm³/mol. The van der Waals surface area contributed by atoms with Gasteiger partial charge in [-0.05, 0) is 39.3 Å². The summed E-state index contributed by atoms with van der Waals surface area (Å²) in [5.41, 5.74) is 3.82. The molecule has 1 saturated heterocycles. The second kappa shape index (κ2) is 5.11. The SMILES string of the molecule is Cc1cc(C)cc(CN2CCC(C(=O)O)C2C)c1.